The molecule has 226 valence electrons. The molecule has 0 unspecified atom stereocenters. The number of nitrogens with one attached hydrogen (secondary N) is 1. The van der Waals surface area contributed by atoms with E-state index < -0.39 is 31.4 Å². The molecule has 1 N–H and O–H groups in total. The van der Waals surface area contributed by atoms with Crippen LogP contribution in [0.5, 0.6) is 0 Å². The van der Waals surface area contributed by atoms with Crippen LogP contribution in [0.4, 0.5) is 22.0 Å². The summed E-state index contributed by atoms with van der Waals surface area (Å²) in [7, 11) is 0. The summed E-state index contributed by atoms with van der Waals surface area (Å²) in [5.41, 5.74) is 3.60. The zero-order valence-electron chi connectivity index (χ0n) is 23.0. The van der Waals surface area contributed by atoms with Crippen molar-refractivity contribution in [1.29, 1.82) is 0 Å². The van der Waals surface area contributed by atoms with Gasteiger partial charge in [-0.1, -0.05) is 24.3 Å². The van der Waals surface area contributed by atoms with Gasteiger partial charge in [0.1, 0.15) is 5.82 Å². The first-order valence-electron chi connectivity index (χ1n) is 13.8. The van der Waals surface area contributed by atoms with Gasteiger partial charge in [0.2, 0.25) is 0 Å². The Morgan fingerprint density at radius 2 is 1.79 bits per heavy atom. The monoisotopic (exact) mass is 600 g/mol. The molecule has 7 nitrogen and oxygen atoms in total. The summed E-state index contributed by atoms with van der Waals surface area (Å²) in [6, 6.07) is 13.5. The topological polar surface area (TPSA) is 76.5 Å². The summed E-state index contributed by atoms with van der Waals surface area (Å²) >= 11 is 0. The molecular weight excluding hydrogens is 571 g/mol. The molecule has 0 spiro atoms. The largest absolute Gasteiger partial charge is 0.522 e. The Morgan fingerprint density at radius 3 is 2.49 bits per heavy atom. The fourth-order valence-corrected chi connectivity index (χ4v) is 5.56. The first-order valence-corrected chi connectivity index (χ1v) is 13.8. The number of alkyl halides is 4. The molecule has 2 aromatic heterocycles. The molecule has 1 aliphatic heterocycles. The van der Waals surface area contributed by atoms with Crippen LogP contribution < -0.4 is 5.32 Å². The minimum Gasteiger partial charge on any atom is -0.350 e. The Kier molecular flexibility index (Phi) is 9.05. The van der Waals surface area contributed by atoms with Crippen LogP contribution in [0.3, 0.4) is 0 Å². The Labute approximate surface area is 244 Å². The maximum absolute atomic E-state index is 14.8. The molecule has 2 amide bonds. The van der Waals surface area contributed by atoms with Gasteiger partial charge in [-0.2, -0.15) is 0 Å². The summed E-state index contributed by atoms with van der Waals surface area (Å²) in [5.74, 6) is -1.59. The van der Waals surface area contributed by atoms with E-state index in [1.165, 1.54) is 12.1 Å². The van der Waals surface area contributed by atoms with E-state index in [4.69, 9.17) is 0 Å². The number of likely N-dealkylation sites (tertiary alicyclic amines) is 1. The molecule has 0 atom stereocenters. The van der Waals surface area contributed by atoms with Gasteiger partial charge in [0.05, 0.1) is 12.2 Å². The van der Waals surface area contributed by atoms with Gasteiger partial charge in [-0.15, -0.1) is 13.2 Å². The molecular formula is C31H29F5N4O3. The van der Waals surface area contributed by atoms with E-state index >= 15 is 0 Å². The fourth-order valence-electron chi connectivity index (χ4n) is 5.56. The number of amides is 2. The second-order valence-electron chi connectivity index (χ2n) is 10.3. The lowest BCUT2D eigenvalue weighted by molar-refractivity contribution is -0.325. The van der Waals surface area contributed by atoms with E-state index in [9.17, 15) is 31.5 Å². The number of piperidine rings is 1. The van der Waals surface area contributed by atoms with Gasteiger partial charge < -0.3 is 14.8 Å². The molecule has 0 bridgehead atoms. The molecule has 12 heteroatoms. The van der Waals surface area contributed by atoms with E-state index in [1.54, 1.807) is 58.4 Å². The number of pyridine rings is 1. The van der Waals surface area contributed by atoms with Gasteiger partial charge in [0.25, 0.3) is 11.8 Å². The lowest BCUT2D eigenvalue weighted by Crippen LogP contribution is -2.38. The molecule has 1 saturated heterocycles. The van der Waals surface area contributed by atoms with Crippen LogP contribution >= 0.6 is 0 Å². The molecule has 0 aliphatic carbocycles. The van der Waals surface area contributed by atoms with Gasteiger partial charge in [0, 0.05) is 55.7 Å². The number of hydrogen-bond donors (Lipinski definition) is 1. The third kappa shape index (κ3) is 7.02. The standard InChI is InChI=1S/C31H29F5N4O3/c32-17-28(41)38-18-20-4-5-26(33)24(16-20)22-8-12-39(13-9-22)30(42)25-19-40(14-15-43-31(34,35)36)27-3-1-2-23(29(25)27)21-6-10-37-11-7-21/h1-7,10-11,16,19,22H,8-9,12-15,17-18H2,(H,38,41). The van der Waals surface area contributed by atoms with E-state index in [-0.39, 0.29) is 24.9 Å². The Morgan fingerprint density at radius 1 is 1.05 bits per heavy atom. The van der Waals surface area contributed by atoms with Crippen molar-refractivity contribution in [3.8, 4) is 11.1 Å². The summed E-state index contributed by atoms with van der Waals surface area (Å²) in [6.07, 6.45) is 1.01. The number of nitrogens with zero attached hydrogens (tertiary/aromatic N) is 3. The maximum atomic E-state index is 14.8. The molecule has 0 radical (unpaired) electrons. The quantitative estimate of drug-likeness (QED) is 0.240. The molecule has 3 heterocycles. The molecule has 0 saturated carbocycles. The molecule has 5 rings (SSSR count). The highest BCUT2D eigenvalue weighted by Crippen LogP contribution is 2.35. The second-order valence-corrected chi connectivity index (χ2v) is 10.3. The van der Waals surface area contributed by atoms with Crippen LogP contribution in [-0.2, 0) is 22.6 Å². The van der Waals surface area contributed by atoms with E-state index in [1.807, 2.05) is 6.07 Å². The van der Waals surface area contributed by atoms with Crippen molar-refractivity contribution in [1.82, 2.24) is 19.8 Å². The molecule has 43 heavy (non-hydrogen) atoms. The number of benzene rings is 2. The number of carbonyl (C=O) groups is 2. The molecule has 1 fully saturated rings. The van der Waals surface area contributed by atoms with Crippen molar-refractivity contribution < 1.29 is 36.3 Å². The Bertz CT molecular complexity index is 1600. The molecule has 1 aliphatic rings. The van der Waals surface area contributed by atoms with Crippen molar-refractivity contribution in [3.63, 3.8) is 0 Å². The molecule has 2 aromatic carbocycles. The van der Waals surface area contributed by atoms with Crippen LogP contribution in [0.1, 0.15) is 40.2 Å². The summed E-state index contributed by atoms with van der Waals surface area (Å²) < 4.78 is 70.9. The third-order valence-electron chi connectivity index (χ3n) is 7.62. The van der Waals surface area contributed by atoms with Gasteiger partial charge >= 0.3 is 6.36 Å². The molecule has 4 aromatic rings. The first kappa shape index (κ1) is 30.1. The number of fused-ring (bicyclic) bond motifs is 1. The number of rotatable bonds is 9. The Balaban J connectivity index is 1.38. The van der Waals surface area contributed by atoms with Gasteiger partial charge in [-0.05, 0) is 65.3 Å². The normalized spacial score (nSPS) is 14.3. The number of hydrogen-bond acceptors (Lipinski definition) is 4. The van der Waals surface area contributed by atoms with Gasteiger partial charge in [-0.25, -0.2) is 8.78 Å². The van der Waals surface area contributed by atoms with E-state index in [0.29, 0.717) is 53.5 Å². The predicted molar refractivity (Wildman–Crippen MR) is 149 cm³/mol. The van der Waals surface area contributed by atoms with E-state index in [0.717, 1.165) is 11.1 Å². The van der Waals surface area contributed by atoms with Crippen molar-refractivity contribution in [3.05, 3.63) is 89.6 Å². The van der Waals surface area contributed by atoms with Crippen LogP contribution in [0, 0.1) is 5.82 Å². The van der Waals surface area contributed by atoms with Crippen molar-refractivity contribution >= 4 is 22.7 Å². The average Bonchev–Trinajstić information content (AvgIpc) is 3.38. The van der Waals surface area contributed by atoms with Gasteiger partial charge in [-0.3, -0.25) is 19.3 Å². The smallest absolute Gasteiger partial charge is 0.350 e. The fraction of sp³-hybridized carbons (Fsp3) is 0.323. The Hall–Kier alpha value is -4.32. The first-order chi connectivity index (χ1) is 20.6. The predicted octanol–water partition coefficient (Wildman–Crippen LogP) is 5.98. The van der Waals surface area contributed by atoms with Gasteiger partial charge in [0.15, 0.2) is 6.67 Å². The summed E-state index contributed by atoms with van der Waals surface area (Å²) in [6.45, 7) is -1.11. The van der Waals surface area contributed by atoms with Crippen LogP contribution in [0.25, 0.3) is 22.0 Å². The lowest BCUT2D eigenvalue weighted by atomic mass is 9.88. The highest BCUT2D eigenvalue weighted by Gasteiger charge is 2.30. The van der Waals surface area contributed by atoms with Crippen LogP contribution in [0.2, 0.25) is 0 Å². The minimum absolute atomic E-state index is 0.0747. The second kappa shape index (κ2) is 12.9. The van der Waals surface area contributed by atoms with Crippen molar-refractivity contribution in [2.75, 3.05) is 26.4 Å². The van der Waals surface area contributed by atoms with Crippen molar-refractivity contribution in [2.45, 2.75) is 38.2 Å². The lowest BCUT2D eigenvalue weighted by Gasteiger charge is -2.32. The number of aromatic nitrogens is 2. The average molecular weight is 601 g/mol. The summed E-state index contributed by atoms with van der Waals surface area (Å²) in [4.78, 5) is 30.9. The van der Waals surface area contributed by atoms with Crippen molar-refractivity contribution in [2.24, 2.45) is 0 Å². The number of carbonyl (C=O) groups excluding carboxylic acids is 2. The highest BCUT2D eigenvalue weighted by atomic mass is 19.4. The summed E-state index contributed by atoms with van der Waals surface area (Å²) in [5, 5.41) is 3.05. The highest BCUT2D eigenvalue weighted by molar-refractivity contribution is 6.12. The SMILES string of the molecule is O=C(CF)NCc1ccc(F)c(C2CCN(C(=O)c3cn(CCOC(F)(F)F)c4cccc(-c5ccncc5)c34)CC2)c1. The van der Waals surface area contributed by atoms with E-state index in [2.05, 4.69) is 15.0 Å². The van der Waals surface area contributed by atoms with Crippen LogP contribution in [0.15, 0.2) is 67.1 Å². The number of halogens is 5. The zero-order valence-corrected chi connectivity index (χ0v) is 23.0. The zero-order chi connectivity index (χ0) is 30.6. The number of ether oxygens (including phenoxy) is 1. The maximum Gasteiger partial charge on any atom is 0.522 e. The third-order valence-corrected chi connectivity index (χ3v) is 7.62. The van der Waals surface area contributed by atoms with Crippen LogP contribution in [-0.4, -0.2) is 59.0 Å². The minimum atomic E-state index is -4.77.